The van der Waals surface area contributed by atoms with Gasteiger partial charge in [0.2, 0.25) is 17.7 Å². The maximum absolute atomic E-state index is 12.4. The number of allylic oxidation sites excluding steroid dienone is 2. The van der Waals surface area contributed by atoms with Gasteiger partial charge in [0.05, 0.1) is 11.8 Å². The normalized spacial score (nSPS) is 23.6. The molecule has 1 aliphatic carbocycles. The standard InChI is InChI=1S/C17H17ClN2O3/c1-10-4-2-3-5-14(10)19-15(21)9-20-16(22)12-7-6-11(18)8-13(12)17(20)23/h2-6,12-13H,7-9H2,1H3,(H,19,21)/t12-,13+/m0/s1. The fraction of sp³-hybridized carbons (Fsp3) is 0.353. The van der Waals surface area contributed by atoms with Gasteiger partial charge in [-0.05, 0) is 31.4 Å². The molecule has 0 bridgehead atoms. The van der Waals surface area contributed by atoms with Crippen LogP contribution in [0.3, 0.4) is 0 Å². The van der Waals surface area contributed by atoms with Crippen LogP contribution in [0.25, 0.3) is 0 Å². The summed E-state index contributed by atoms with van der Waals surface area (Å²) in [5.41, 5.74) is 1.60. The molecule has 1 N–H and O–H groups in total. The molecule has 0 unspecified atom stereocenters. The number of amides is 3. The minimum Gasteiger partial charge on any atom is -0.324 e. The number of anilines is 1. The molecular weight excluding hydrogens is 316 g/mol. The molecule has 2 aliphatic rings. The molecule has 1 aromatic rings. The van der Waals surface area contributed by atoms with E-state index in [9.17, 15) is 14.4 Å². The lowest BCUT2D eigenvalue weighted by molar-refractivity contribution is -0.142. The van der Waals surface area contributed by atoms with Crippen LogP contribution in [0.1, 0.15) is 18.4 Å². The van der Waals surface area contributed by atoms with Crippen LogP contribution in [-0.4, -0.2) is 29.2 Å². The molecule has 5 nitrogen and oxygen atoms in total. The number of likely N-dealkylation sites (tertiary alicyclic amines) is 1. The van der Waals surface area contributed by atoms with E-state index in [0.717, 1.165) is 10.5 Å². The summed E-state index contributed by atoms with van der Waals surface area (Å²) in [5, 5.41) is 3.35. The number of hydrogen-bond donors (Lipinski definition) is 1. The quantitative estimate of drug-likeness (QED) is 0.865. The van der Waals surface area contributed by atoms with Crippen LogP contribution in [-0.2, 0) is 14.4 Å². The largest absolute Gasteiger partial charge is 0.324 e. The molecule has 6 heteroatoms. The van der Waals surface area contributed by atoms with Gasteiger partial charge in [-0.15, -0.1) is 0 Å². The van der Waals surface area contributed by atoms with Gasteiger partial charge in [-0.25, -0.2) is 0 Å². The number of aryl methyl sites for hydroxylation is 1. The second-order valence-corrected chi connectivity index (χ2v) is 6.41. The van der Waals surface area contributed by atoms with Gasteiger partial charge in [0.25, 0.3) is 0 Å². The third-order valence-electron chi connectivity index (χ3n) is 4.38. The van der Waals surface area contributed by atoms with Crippen molar-refractivity contribution in [2.24, 2.45) is 11.8 Å². The van der Waals surface area contributed by atoms with Crippen LogP contribution >= 0.6 is 11.6 Å². The van der Waals surface area contributed by atoms with Crippen molar-refractivity contribution < 1.29 is 14.4 Å². The highest BCUT2D eigenvalue weighted by Crippen LogP contribution is 2.38. The van der Waals surface area contributed by atoms with E-state index in [4.69, 9.17) is 11.6 Å². The summed E-state index contributed by atoms with van der Waals surface area (Å²) in [5.74, 6) is -1.76. The lowest BCUT2D eigenvalue weighted by atomic mass is 9.85. The van der Waals surface area contributed by atoms with E-state index in [2.05, 4.69) is 5.32 Å². The van der Waals surface area contributed by atoms with Crippen LogP contribution < -0.4 is 5.32 Å². The molecule has 0 saturated carbocycles. The third kappa shape index (κ3) is 3.01. The van der Waals surface area contributed by atoms with Crippen molar-refractivity contribution in [2.75, 3.05) is 11.9 Å². The number of benzene rings is 1. The lowest BCUT2D eigenvalue weighted by Gasteiger charge is -2.17. The Labute approximate surface area is 139 Å². The van der Waals surface area contributed by atoms with Crippen molar-refractivity contribution in [3.8, 4) is 0 Å². The highest BCUT2D eigenvalue weighted by Gasteiger charge is 2.48. The molecule has 23 heavy (non-hydrogen) atoms. The van der Waals surface area contributed by atoms with E-state index in [1.807, 2.05) is 25.1 Å². The van der Waals surface area contributed by atoms with Gasteiger partial charge in [0.1, 0.15) is 6.54 Å². The van der Waals surface area contributed by atoms with Crippen LogP contribution in [0.2, 0.25) is 0 Å². The molecule has 120 valence electrons. The molecule has 2 atom stereocenters. The molecular formula is C17H17ClN2O3. The Bertz CT molecular complexity index is 714. The molecule has 1 heterocycles. The molecule has 0 aromatic heterocycles. The van der Waals surface area contributed by atoms with Crippen molar-refractivity contribution >= 4 is 35.0 Å². The number of imide groups is 1. The van der Waals surface area contributed by atoms with Crippen LogP contribution in [0.4, 0.5) is 5.69 Å². The molecule has 3 rings (SSSR count). The van der Waals surface area contributed by atoms with E-state index in [-0.39, 0.29) is 30.2 Å². The average molecular weight is 333 g/mol. The molecule has 3 amide bonds. The first-order chi connectivity index (χ1) is 11.0. The zero-order valence-electron chi connectivity index (χ0n) is 12.7. The lowest BCUT2D eigenvalue weighted by Crippen LogP contribution is -2.38. The average Bonchev–Trinajstić information content (AvgIpc) is 2.74. The summed E-state index contributed by atoms with van der Waals surface area (Å²) < 4.78 is 0. The molecule has 1 aliphatic heterocycles. The first-order valence-corrected chi connectivity index (χ1v) is 7.90. The Kier molecular flexibility index (Phi) is 4.22. The van der Waals surface area contributed by atoms with E-state index in [0.29, 0.717) is 23.6 Å². The minimum absolute atomic E-state index is 0.253. The number of carbonyl (C=O) groups is 3. The summed E-state index contributed by atoms with van der Waals surface area (Å²) in [6.07, 6.45) is 2.63. The highest BCUT2D eigenvalue weighted by atomic mass is 35.5. The second kappa shape index (κ2) is 6.16. The van der Waals surface area contributed by atoms with Crippen LogP contribution in [0.5, 0.6) is 0 Å². The van der Waals surface area contributed by atoms with Gasteiger partial charge >= 0.3 is 0 Å². The summed E-state index contributed by atoms with van der Waals surface area (Å²) in [4.78, 5) is 38.0. The summed E-state index contributed by atoms with van der Waals surface area (Å²) in [6, 6.07) is 7.35. The fourth-order valence-corrected chi connectivity index (χ4v) is 3.35. The Balaban J connectivity index is 1.69. The molecule has 1 fully saturated rings. The number of nitrogens with zero attached hydrogens (tertiary/aromatic N) is 1. The van der Waals surface area contributed by atoms with E-state index in [1.165, 1.54) is 0 Å². The molecule has 0 radical (unpaired) electrons. The van der Waals surface area contributed by atoms with Crippen LogP contribution in [0, 0.1) is 18.8 Å². The minimum atomic E-state index is -0.425. The third-order valence-corrected chi connectivity index (χ3v) is 4.69. The van der Waals surface area contributed by atoms with Crippen molar-refractivity contribution in [3.05, 3.63) is 40.9 Å². The predicted octanol–water partition coefficient (Wildman–Crippen LogP) is 2.45. The van der Waals surface area contributed by atoms with Gasteiger partial charge < -0.3 is 5.32 Å². The predicted molar refractivity (Wildman–Crippen MR) is 86.7 cm³/mol. The Hall–Kier alpha value is -2.14. The fourth-order valence-electron chi connectivity index (χ4n) is 3.10. The number of para-hydroxylation sites is 1. The van der Waals surface area contributed by atoms with Gasteiger partial charge in [-0.1, -0.05) is 35.9 Å². The van der Waals surface area contributed by atoms with E-state index < -0.39 is 5.92 Å². The van der Waals surface area contributed by atoms with Gasteiger partial charge in [0, 0.05) is 10.7 Å². The number of rotatable bonds is 3. The van der Waals surface area contributed by atoms with Gasteiger partial charge in [-0.3, -0.25) is 19.3 Å². The van der Waals surface area contributed by atoms with Crippen LogP contribution in [0.15, 0.2) is 35.4 Å². The first-order valence-electron chi connectivity index (χ1n) is 7.52. The van der Waals surface area contributed by atoms with E-state index in [1.54, 1.807) is 12.1 Å². The monoisotopic (exact) mass is 332 g/mol. The Morgan fingerprint density at radius 2 is 1.96 bits per heavy atom. The van der Waals surface area contributed by atoms with Crippen molar-refractivity contribution in [1.29, 1.82) is 0 Å². The molecule has 1 saturated heterocycles. The molecule has 0 spiro atoms. The topological polar surface area (TPSA) is 66.5 Å². The molecule has 1 aromatic carbocycles. The number of carbonyl (C=O) groups excluding carboxylic acids is 3. The van der Waals surface area contributed by atoms with Crippen molar-refractivity contribution in [3.63, 3.8) is 0 Å². The summed E-state index contributed by atoms with van der Waals surface area (Å²) in [7, 11) is 0. The number of hydrogen-bond acceptors (Lipinski definition) is 3. The van der Waals surface area contributed by atoms with Gasteiger partial charge in [-0.2, -0.15) is 0 Å². The highest BCUT2D eigenvalue weighted by molar-refractivity contribution is 6.30. The number of nitrogens with one attached hydrogen (secondary N) is 1. The number of fused-ring (bicyclic) bond motifs is 1. The van der Waals surface area contributed by atoms with Crippen molar-refractivity contribution in [1.82, 2.24) is 4.90 Å². The number of halogens is 1. The summed E-state index contributed by atoms with van der Waals surface area (Å²) >= 11 is 5.97. The SMILES string of the molecule is Cc1ccccc1NC(=O)CN1C(=O)[C@H]2CC=C(Cl)C[C@H]2C1=O. The van der Waals surface area contributed by atoms with Crippen molar-refractivity contribution in [2.45, 2.75) is 19.8 Å². The van der Waals surface area contributed by atoms with E-state index >= 15 is 0 Å². The Morgan fingerprint density at radius 1 is 1.26 bits per heavy atom. The zero-order valence-corrected chi connectivity index (χ0v) is 13.5. The second-order valence-electron chi connectivity index (χ2n) is 5.93. The summed E-state index contributed by atoms with van der Waals surface area (Å²) in [6.45, 7) is 1.63. The maximum atomic E-state index is 12.4. The Morgan fingerprint density at radius 3 is 2.70 bits per heavy atom. The van der Waals surface area contributed by atoms with Gasteiger partial charge in [0.15, 0.2) is 0 Å². The smallest absolute Gasteiger partial charge is 0.244 e. The maximum Gasteiger partial charge on any atom is 0.244 e. The first kappa shape index (κ1) is 15.7. The zero-order chi connectivity index (χ0) is 16.6.